The highest BCUT2D eigenvalue weighted by atomic mass is 16.5. The number of allylic oxidation sites excluding steroid dienone is 2. The first-order chi connectivity index (χ1) is 15.0. The van der Waals surface area contributed by atoms with Gasteiger partial charge in [-0.05, 0) is 42.5 Å². The summed E-state index contributed by atoms with van der Waals surface area (Å²) in [6, 6.07) is 15.8. The summed E-state index contributed by atoms with van der Waals surface area (Å²) in [5, 5.41) is 31.2. The number of fused-ring (bicyclic) bond motifs is 3. The number of nitriles is 1. The maximum atomic E-state index is 12.5. The molecule has 0 unspecified atom stereocenters. The summed E-state index contributed by atoms with van der Waals surface area (Å²) in [6.07, 6.45) is 2.12. The molecular formula is C24H14N2O5. The van der Waals surface area contributed by atoms with E-state index in [1.807, 2.05) is 12.1 Å². The van der Waals surface area contributed by atoms with Gasteiger partial charge in [-0.25, -0.2) is 0 Å². The van der Waals surface area contributed by atoms with E-state index in [-0.39, 0.29) is 29.1 Å². The molecule has 0 amide bonds. The first kappa shape index (κ1) is 18.5. The van der Waals surface area contributed by atoms with Crippen LogP contribution in [-0.4, -0.2) is 21.8 Å². The summed E-state index contributed by atoms with van der Waals surface area (Å²) in [5.41, 5.74) is 1.32. The Morgan fingerprint density at radius 1 is 0.903 bits per heavy atom. The second-order valence-electron chi connectivity index (χ2n) is 7.14. The minimum Gasteiger partial charge on any atom is -0.505 e. The molecule has 0 radical (unpaired) electrons. The van der Waals surface area contributed by atoms with Gasteiger partial charge in [0.05, 0.1) is 29.3 Å². The smallest absolute Gasteiger partial charge is 0.197 e. The van der Waals surface area contributed by atoms with Crippen LogP contribution in [0, 0.1) is 11.3 Å². The molecule has 0 atom stereocenters. The fourth-order valence-electron chi connectivity index (χ4n) is 3.86. The lowest BCUT2D eigenvalue weighted by atomic mass is 9.91. The molecular weight excluding hydrogens is 396 g/mol. The number of hydrogen-bond acceptors (Lipinski definition) is 7. The van der Waals surface area contributed by atoms with E-state index in [0.29, 0.717) is 17.0 Å². The number of ether oxygens (including phenoxy) is 1. The Labute approximate surface area is 176 Å². The van der Waals surface area contributed by atoms with Gasteiger partial charge in [0, 0.05) is 11.3 Å². The minimum atomic E-state index is -0.601. The van der Waals surface area contributed by atoms with E-state index in [0.717, 1.165) is 17.7 Å². The van der Waals surface area contributed by atoms with Crippen LogP contribution in [0.2, 0.25) is 0 Å². The average Bonchev–Trinajstić information content (AvgIpc) is 2.96. The summed E-state index contributed by atoms with van der Waals surface area (Å²) in [7, 11) is 0. The molecule has 0 saturated carbocycles. The van der Waals surface area contributed by atoms with Gasteiger partial charge in [0.2, 0.25) is 0 Å². The van der Waals surface area contributed by atoms with Crippen molar-refractivity contribution in [3.05, 3.63) is 82.9 Å². The number of phenols is 2. The second kappa shape index (κ2) is 6.75. The monoisotopic (exact) mass is 410 g/mol. The lowest BCUT2D eigenvalue weighted by Crippen LogP contribution is -2.19. The lowest BCUT2D eigenvalue weighted by molar-refractivity contribution is 0.0989. The third-order valence-corrected chi connectivity index (χ3v) is 5.35. The van der Waals surface area contributed by atoms with E-state index < -0.39 is 23.1 Å². The highest BCUT2D eigenvalue weighted by Crippen LogP contribution is 2.55. The summed E-state index contributed by atoms with van der Waals surface area (Å²) in [6.45, 7) is 0.249. The Kier molecular flexibility index (Phi) is 4.02. The molecule has 31 heavy (non-hydrogen) atoms. The van der Waals surface area contributed by atoms with Crippen LogP contribution < -0.4 is 9.64 Å². The van der Waals surface area contributed by atoms with Crippen molar-refractivity contribution in [1.29, 1.82) is 5.26 Å². The first-order valence-electron chi connectivity index (χ1n) is 9.41. The molecule has 150 valence electrons. The van der Waals surface area contributed by atoms with Crippen LogP contribution in [0.1, 0.15) is 31.8 Å². The Balaban J connectivity index is 1.83. The number of para-hydroxylation sites is 1. The van der Waals surface area contributed by atoms with Crippen molar-refractivity contribution < 1.29 is 24.5 Å². The Morgan fingerprint density at radius 3 is 2.23 bits per heavy atom. The van der Waals surface area contributed by atoms with Crippen LogP contribution in [0.4, 0.5) is 11.4 Å². The highest BCUT2D eigenvalue weighted by molar-refractivity contribution is 6.25. The lowest BCUT2D eigenvalue weighted by Gasteiger charge is -2.27. The number of hydrogen-bond donors (Lipinski definition) is 2. The van der Waals surface area contributed by atoms with Crippen LogP contribution in [-0.2, 0) is 6.54 Å². The predicted molar refractivity (Wildman–Crippen MR) is 111 cm³/mol. The van der Waals surface area contributed by atoms with Crippen LogP contribution in [0.3, 0.4) is 0 Å². The van der Waals surface area contributed by atoms with Gasteiger partial charge in [0.25, 0.3) is 0 Å². The number of benzene rings is 3. The van der Waals surface area contributed by atoms with E-state index in [4.69, 9.17) is 10.00 Å². The van der Waals surface area contributed by atoms with Gasteiger partial charge in [-0.1, -0.05) is 18.2 Å². The molecule has 3 aromatic rings. The Hall–Kier alpha value is -4.57. The first-order valence-corrected chi connectivity index (χ1v) is 9.41. The summed E-state index contributed by atoms with van der Waals surface area (Å²) < 4.78 is 5.97. The highest BCUT2D eigenvalue weighted by Gasteiger charge is 2.37. The third kappa shape index (κ3) is 2.74. The molecule has 0 saturated heterocycles. The molecule has 2 aliphatic rings. The fraction of sp³-hybridized carbons (Fsp3) is 0.0417. The number of carbonyl (C=O) groups is 2. The standard InChI is InChI=1S/C24H14N2O5/c25-11-13-5-7-15(8-6-13)26-12-14-3-1-2-4-18(14)31-24-21(26)22(29)19-16(27)9-10-17(28)20(19)23(24)30/h1-10,29-30H,12H2. The van der Waals surface area contributed by atoms with Gasteiger partial charge in [0.1, 0.15) is 11.4 Å². The van der Waals surface area contributed by atoms with Gasteiger partial charge < -0.3 is 19.8 Å². The quantitative estimate of drug-likeness (QED) is 0.574. The van der Waals surface area contributed by atoms with E-state index in [1.54, 1.807) is 41.3 Å². The van der Waals surface area contributed by atoms with Crippen molar-refractivity contribution in [2.75, 3.05) is 4.90 Å². The molecule has 0 spiro atoms. The van der Waals surface area contributed by atoms with Crippen molar-refractivity contribution >= 4 is 22.9 Å². The van der Waals surface area contributed by atoms with E-state index in [2.05, 4.69) is 6.07 Å². The van der Waals surface area contributed by atoms with E-state index in [1.165, 1.54) is 0 Å². The molecule has 3 aromatic carbocycles. The largest absolute Gasteiger partial charge is 0.505 e. The predicted octanol–water partition coefficient (Wildman–Crippen LogP) is 4.35. The number of carbonyl (C=O) groups excluding carboxylic acids is 2. The molecule has 1 aliphatic heterocycles. The van der Waals surface area contributed by atoms with Crippen molar-refractivity contribution in [2.24, 2.45) is 0 Å². The van der Waals surface area contributed by atoms with Crippen molar-refractivity contribution in [3.8, 4) is 29.1 Å². The van der Waals surface area contributed by atoms with Gasteiger partial charge >= 0.3 is 0 Å². The fourth-order valence-corrected chi connectivity index (χ4v) is 3.86. The van der Waals surface area contributed by atoms with Crippen molar-refractivity contribution in [1.82, 2.24) is 0 Å². The number of rotatable bonds is 1. The summed E-state index contributed by atoms with van der Waals surface area (Å²) in [5.74, 6) is -1.84. The molecule has 0 fully saturated rings. The van der Waals surface area contributed by atoms with E-state index in [9.17, 15) is 19.8 Å². The molecule has 0 bridgehead atoms. The zero-order chi connectivity index (χ0) is 21.7. The molecule has 0 aromatic heterocycles. The zero-order valence-corrected chi connectivity index (χ0v) is 16.0. The topological polar surface area (TPSA) is 111 Å². The molecule has 1 aliphatic carbocycles. The van der Waals surface area contributed by atoms with Gasteiger partial charge in [-0.2, -0.15) is 5.26 Å². The molecule has 2 N–H and O–H groups in total. The Morgan fingerprint density at radius 2 is 1.55 bits per heavy atom. The molecule has 7 heteroatoms. The average molecular weight is 410 g/mol. The van der Waals surface area contributed by atoms with Crippen LogP contribution in [0.5, 0.6) is 23.0 Å². The summed E-state index contributed by atoms with van der Waals surface area (Å²) >= 11 is 0. The van der Waals surface area contributed by atoms with Crippen molar-refractivity contribution in [2.45, 2.75) is 6.54 Å². The van der Waals surface area contributed by atoms with Gasteiger partial charge in [-0.15, -0.1) is 0 Å². The van der Waals surface area contributed by atoms with Crippen molar-refractivity contribution in [3.63, 3.8) is 0 Å². The normalized spacial score (nSPS) is 14.1. The van der Waals surface area contributed by atoms with Gasteiger partial charge in [0.15, 0.2) is 28.8 Å². The second-order valence-corrected chi connectivity index (χ2v) is 7.14. The maximum absolute atomic E-state index is 12.5. The number of nitrogens with zero attached hydrogens (tertiary/aromatic N) is 2. The number of aromatic hydroxyl groups is 2. The third-order valence-electron chi connectivity index (χ3n) is 5.35. The number of phenolic OH excluding ortho intramolecular Hbond substituents is 2. The number of anilines is 2. The van der Waals surface area contributed by atoms with Crippen LogP contribution >= 0.6 is 0 Å². The zero-order valence-electron chi connectivity index (χ0n) is 16.0. The molecule has 7 nitrogen and oxygen atoms in total. The van der Waals surface area contributed by atoms with Crippen LogP contribution in [0.25, 0.3) is 0 Å². The minimum absolute atomic E-state index is 0.0635. The summed E-state index contributed by atoms with van der Waals surface area (Å²) in [4.78, 5) is 26.6. The van der Waals surface area contributed by atoms with E-state index >= 15 is 0 Å². The Bertz CT molecular complexity index is 1350. The van der Waals surface area contributed by atoms with Gasteiger partial charge in [-0.3, -0.25) is 9.59 Å². The number of ketones is 2. The molecule has 1 heterocycles. The van der Waals surface area contributed by atoms with Crippen LogP contribution in [0.15, 0.2) is 60.7 Å². The maximum Gasteiger partial charge on any atom is 0.197 e. The molecule has 5 rings (SSSR count). The SMILES string of the molecule is N#Cc1ccc(N2Cc3ccccc3Oc3c(O)c4c(c(O)c32)C(=O)C=CC4=O)cc1.